The molecule has 1 aromatic heterocycles. The molecule has 1 aliphatic heterocycles. The molecule has 0 spiro atoms. The molecule has 0 saturated carbocycles. The highest BCUT2D eigenvalue weighted by Crippen LogP contribution is 2.27. The summed E-state index contributed by atoms with van der Waals surface area (Å²) >= 11 is 6.04. The molecule has 1 amide bonds. The monoisotopic (exact) mass is 397 g/mol. The van der Waals surface area contributed by atoms with Gasteiger partial charge in [-0.3, -0.25) is 4.79 Å². The van der Waals surface area contributed by atoms with Crippen LogP contribution in [0.4, 0.5) is 0 Å². The number of ether oxygens (including phenoxy) is 2. The Kier molecular flexibility index (Phi) is 5.32. The van der Waals surface area contributed by atoms with E-state index in [1.807, 2.05) is 54.6 Å². The minimum atomic E-state index is -0.0919. The average molecular weight is 398 g/mol. The van der Waals surface area contributed by atoms with Gasteiger partial charge in [-0.1, -0.05) is 23.7 Å². The summed E-state index contributed by atoms with van der Waals surface area (Å²) in [6, 6.07) is 16.9. The molecular weight excluding hydrogens is 378 g/mol. The lowest BCUT2D eigenvalue weighted by atomic mass is 10.1. The van der Waals surface area contributed by atoms with Crippen molar-refractivity contribution in [3.8, 4) is 22.7 Å². The summed E-state index contributed by atoms with van der Waals surface area (Å²) in [6.07, 6.45) is 0. The fourth-order valence-corrected chi connectivity index (χ4v) is 3.29. The number of methoxy groups -OCH3 is 1. The Labute approximate surface area is 168 Å². The first-order valence-electron chi connectivity index (χ1n) is 9.03. The van der Waals surface area contributed by atoms with E-state index in [-0.39, 0.29) is 5.91 Å². The van der Waals surface area contributed by atoms with Gasteiger partial charge in [0.05, 0.1) is 31.7 Å². The standard InChI is InChI=1S/C21H20ClN3O3/c1-27-18-8-6-17(7-9-18)25-20(15-2-4-16(22)5-3-15)14-19(23-25)21(26)24-10-12-28-13-11-24/h2-9,14H,10-13H2,1H3. The van der Waals surface area contributed by atoms with Crippen molar-refractivity contribution >= 4 is 17.5 Å². The molecule has 144 valence electrons. The van der Waals surface area contributed by atoms with Crippen LogP contribution in [0.2, 0.25) is 5.02 Å². The molecule has 0 radical (unpaired) electrons. The number of hydrogen-bond donors (Lipinski definition) is 0. The molecule has 7 heteroatoms. The minimum absolute atomic E-state index is 0.0919. The van der Waals surface area contributed by atoms with E-state index in [9.17, 15) is 4.79 Å². The second kappa shape index (κ2) is 8.04. The molecule has 3 aromatic rings. The van der Waals surface area contributed by atoms with E-state index in [1.54, 1.807) is 16.7 Å². The molecule has 0 aliphatic carbocycles. The van der Waals surface area contributed by atoms with E-state index in [2.05, 4.69) is 5.10 Å². The Morgan fingerprint density at radius 1 is 1.07 bits per heavy atom. The second-order valence-electron chi connectivity index (χ2n) is 6.44. The van der Waals surface area contributed by atoms with Crippen LogP contribution >= 0.6 is 11.6 Å². The second-order valence-corrected chi connectivity index (χ2v) is 6.87. The maximum Gasteiger partial charge on any atom is 0.274 e. The van der Waals surface area contributed by atoms with Crippen LogP contribution in [-0.2, 0) is 4.74 Å². The smallest absolute Gasteiger partial charge is 0.274 e. The number of benzene rings is 2. The van der Waals surface area contributed by atoms with Crippen molar-refractivity contribution in [1.82, 2.24) is 14.7 Å². The highest BCUT2D eigenvalue weighted by Gasteiger charge is 2.23. The van der Waals surface area contributed by atoms with Gasteiger partial charge in [0, 0.05) is 23.7 Å². The van der Waals surface area contributed by atoms with E-state index in [4.69, 9.17) is 21.1 Å². The van der Waals surface area contributed by atoms with Crippen molar-refractivity contribution in [3.05, 3.63) is 65.3 Å². The highest BCUT2D eigenvalue weighted by molar-refractivity contribution is 6.30. The Morgan fingerprint density at radius 3 is 2.39 bits per heavy atom. The first-order chi connectivity index (χ1) is 13.7. The Morgan fingerprint density at radius 2 is 1.75 bits per heavy atom. The minimum Gasteiger partial charge on any atom is -0.497 e. The number of carbonyl (C=O) groups is 1. The van der Waals surface area contributed by atoms with E-state index < -0.39 is 0 Å². The molecule has 0 N–H and O–H groups in total. The van der Waals surface area contributed by atoms with Crippen LogP contribution in [0.3, 0.4) is 0 Å². The molecule has 2 aromatic carbocycles. The van der Waals surface area contributed by atoms with E-state index in [0.717, 1.165) is 22.7 Å². The fourth-order valence-electron chi connectivity index (χ4n) is 3.16. The molecule has 1 saturated heterocycles. The van der Waals surface area contributed by atoms with Crippen LogP contribution < -0.4 is 4.74 Å². The lowest BCUT2D eigenvalue weighted by molar-refractivity contribution is 0.0298. The first kappa shape index (κ1) is 18.5. The zero-order chi connectivity index (χ0) is 19.5. The van der Waals surface area contributed by atoms with Crippen molar-refractivity contribution in [2.45, 2.75) is 0 Å². The summed E-state index contributed by atoms with van der Waals surface area (Å²) in [5.41, 5.74) is 2.99. The first-order valence-corrected chi connectivity index (χ1v) is 9.41. The van der Waals surface area contributed by atoms with Gasteiger partial charge in [-0.2, -0.15) is 5.10 Å². The van der Waals surface area contributed by atoms with Gasteiger partial charge < -0.3 is 14.4 Å². The summed E-state index contributed by atoms with van der Waals surface area (Å²) in [6.45, 7) is 2.25. The zero-order valence-electron chi connectivity index (χ0n) is 15.5. The predicted molar refractivity (Wildman–Crippen MR) is 107 cm³/mol. The fraction of sp³-hybridized carbons (Fsp3) is 0.238. The maximum atomic E-state index is 12.9. The summed E-state index contributed by atoms with van der Waals surface area (Å²) in [4.78, 5) is 14.7. The summed E-state index contributed by atoms with van der Waals surface area (Å²) < 4.78 is 12.4. The number of nitrogens with zero attached hydrogens (tertiary/aromatic N) is 3. The molecule has 1 fully saturated rings. The van der Waals surface area contributed by atoms with Crippen LogP contribution in [0.1, 0.15) is 10.5 Å². The van der Waals surface area contributed by atoms with Crippen molar-refractivity contribution in [2.75, 3.05) is 33.4 Å². The third-order valence-corrected chi connectivity index (χ3v) is 4.94. The van der Waals surface area contributed by atoms with Crippen LogP contribution in [0, 0.1) is 0 Å². The van der Waals surface area contributed by atoms with Gasteiger partial charge in [0.25, 0.3) is 5.91 Å². The number of halogens is 1. The largest absolute Gasteiger partial charge is 0.497 e. The molecular formula is C21H20ClN3O3. The SMILES string of the molecule is COc1ccc(-n2nc(C(=O)N3CCOCC3)cc2-c2ccc(Cl)cc2)cc1. The lowest BCUT2D eigenvalue weighted by Crippen LogP contribution is -2.40. The number of carbonyl (C=O) groups excluding carboxylic acids is 1. The normalized spacial score (nSPS) is 14.1. The van der Waals surface area contributed by atoms with Crippen molar-refractivity contribution in [3.63, 3.8) is 0 Å². The number of amides is 1. The number of morpholine rings is 1. The van der Waals surface area contributed by atoms with Gasteiger partial charge in [-0.25, -0.2) is 4.68 Å². The molecule has 2 heterocycles. The summed E-state index contributed by atoms with van der Waals surface area (Å²) in [5.74, 6) is 0.666. The average Bonchev–Trinajstić information content (AvgIpc) is 3.20. The number of rotatable bonds is 4. The molecule has 0 bridgehead atoms. The number of aromatic nitrogens is 2. The van der Waals surface area contributed by atoms with E-state index in [1.165, 1.54) is 0 Å². The molecule has 6 nitrogen and oxygen atoms in total. The maximum absolute atomic E-state index is 12.9. The van der Waals surface area contributed by atoms with Gasteiger partial charge in [0.1, 0.15) is 5.75 Å². The van der Waals surface area contributed by atoms with Crippen LogP contribution in [0.25, 0.3) is 16.9 Å². The van der Waals surface area contributed by atoms with Crippen LogP contribution in [0.5, 0.6) is 5.75 Å². The van der Waals surface area contributed by atoms with E-state index in [0.29, 0.717) is 37.0 Å². The van der Waals surface area contributed by atoms with Gasteiger partial charge >= 0.3 is 0 Å². The van der Waals surface area contributed by atoms with Crippen molar-refractivity contribution < 1.29 is 14.3 Å². The van der Waals surface area contributed by atoms with Crippen molar-refractivity contribution in [2.24, 2.45) is 0 Å². The molecule has 4 rings (SSSR count). The lowest BCUT2D eigenvalue weighted by Gasteiger charge is -2.25. The number of hydrogen-bond acceptors (Lipinski definition) is 4. The summed E-state index contributed by atoms with van der Waals surface area (Å²) in [7, 11) is 1.63. The van der Waals surface area contributed by atoms with Crippen molar-refractivity contribution in [1.29, 1.82) is 0 Å². The van der Waals surface area contributed by atoms with E-state index >= 15 is 0 Å². The van der Waals surface area contributed by atoms with Crippen LogP contribution in [-0.4, -0.2) is 54.0 Å². The molecule has 0 unspecified atom stereocenters. The topological polar surface area (TPSA) is 56.6 Å². The Bertz CT molecular complexity index is 962. The molecule has 1 aliphatic rings. The third-order valence-electron chi connectivity index (χ3n) is 4.68. The highest BCUT2D eigenvalue weighted by atomic mass is 35.5. The molecule has 0 atom stereocenters. The Balaban J connectivity index is 1.76. The summed E-state index contributed by atoms with van der Waals surface area (Å²) in [5, 5.41) is 5.28. The van der Waals surface area contributed by atoms with Gasteiger partial charge in [0.15, 0.2) is 5.69 Å². The van der Waals surface area contributed by atoms with Gasteiger partial charge in [0.2, 0.25) is 0 Å². The Hall–Kier alpha value is -2.83. The van der Waals surface area contributed by atoms with Gasteiger partial charge in [-0.15, -0.1) is 0 Å². The zero-order valence-corrected chi connectivity index (χ0v) is 16.2. The quantitative estimate of drug-likeness (QED) is 0.674. The third kappa shape index (κ3) is 3.74. The van der Waals surface area contributed by atoms with Gasteiger partial charge in [-0.05, 0) is 42.5 Å². The molecule has 28 heavy (non-hydrogen) atoms. The van der Waals surface area contributed by atoms with Crippen LogP contribution in [0.15, 0.2) is 54.6 Å². The predicted octanol–water partition coefficient (Wildman–Crippen LogP) is 3.67.